The van der Waals surface area contributed by atoms with Crippen LogP contribution in [0.2, 0.25) is 0 Å². The van der Waals surface area contributed by atoms with Crippen molar-refractivity contribution >= 4 is 23.2 Å². The van der Waals surface area contributed by atoms with Crippen LogP contribution in [0, 0.1) is 69.0 Å². The Bertz CT molecular complexity index is 485. The van der Waals surface area contributed by atoms with Crippen molar-refractivity contribution in [1.29, 1.82) is 21.0 Å². The van der Waals surface area contributed by atoms with E-state index in [0.717, 1.165) is 0 Å². The van der Waals surface area contributed by atoms with E-state index in [0.29, 0.717) is 0 Å². The van der Waals surface area contributed by atoms with E-state index in [9.17, 15) is 0 Å². The average molecular weight is 277 g/mol. The molecule has 1 rings (SSSR count). The maximum absolute atomic E-state index is 8.81. The lowest BCUT2D eigenvalue weighted by Gasteiger charge is -2.23. The van der Waals surface area contributed by atoms with Crippen molar-refractivity contribution in [2.45, 2.75) is 0 Å². The van der Waals surface area contributed by atoms with E-state index < -0.39 is 23.7 Å². The highest BCUT2D eigenvalue weighted by Crippen LogP contribution is 2.38. The van der Waals surface area contributed by atoms with Gasteiger partial charge in [-0.25, -0.2) is 0 Å². The molecular formula is C12H6Cl2N4. The van der Waals surface area contributed by atoms with Crippen molar-refractivity contribution in [2.24, 2.45) is 23.7 Å². The molecule has 0 aromatic rings. The van der Waals surface area contributed by atoms with Crippen molar-refractivity contribution in [2.75, 3.05) is 0 Å². The minimum atomic E-state index is -0.939. The Morgan fingerprint density at radius 2 is 1.06 bits per heavy atom. The van der Waals surface area contributed by atoms with Crippen molar-refractivity contribution in [3.05, 3.63) is 22.2 Å². The molecule has 0 radical (unpaired) electrons. The van der Waals surface area contributed by atoms with Gasteiger partial charge < -0.3 is 0 Å². The zero-order valence-electron chi connectivity index (χ0n) is 9.01. The highest BCUT2D eigenvalue weighted by molar-refractivity contribution is 6.32. The van der Waals surface area contributed by atoms with Gasteiger partial charge in [0, 0.05) is 21.9 Å². The number of hydrogen-bond donors (Lipinski definition) is 0. The van der Waals surface area contributed by atoms with Gasteiger partial charge in [0.15, 0.2) is 0 Å². The largest absolute Gasteiger partial charge is 0.197 e. The average Bonchev–Trinajstić information content (AvgIpc) is 2.37. The maximum Gasteiger partial charge on any atom is 0.144 e. The van der Waals surface area contributed by atoms with Crippen LogP contribution in [-0.4, -0.2) is 0 Å². The van der Waals surface area contributed by atoms with Crippen LogP contribution in [0.25, 0.3) is 0 Å². The van der Waals surface area contributed by atoms with Gasteiger partial charge in [0.05, 0.1) is 24.3 Å². The Hall–Kier alpha value is -1.98. The Morgan fingerprint density at radius 3 is 1.28 bits per heavy atom. The Labute approximate surface area is 115 Å². The summed E-state index contributed by atoms with van der Waals surface area (Å²) in [5.74, 6) is -3.09. The van der Waals surface area contributed by atoms with E-state index in [1.165, 1.54) is 12.2 Å². The predicted molar refractivity (Wildman–Crippen MR) is 64.3 cm³/mol. The van der Waals surface area contributed by atoms with Crippen molar-refractivity contribution < 1.29 is 0 Å². The molecule has 2 unspecified atom stereocenters. The first kappa shape index (κ1) is 14.1. The second kappa shape index (κ2) is 6.09. The fraction of sp³-hybridized carbons (Fsp3) is 0.333. The molecular weight excluding hydrogens is 271 g/mol. The Balaban J connectivity index is 3.10. The van der Waals surface area contributed by atoms with Crippen LogP contribution in [0.3, 0.4) is 0 Å². The van der Waals surface area contributed by atoms with Crippen molar-refractivity contribution in [3.8, 4) is 24.3 Å². The van der Waals surface area contributed by atoms with Gasteiger partial charge in [-0.05, 0) is 0 Å². The fourth-order valence-corrected chi connectivity index (χ4v) is 2.26. The summed E-state index contributed by atoms with van der Waals surface area (Å²) in [5, 5.41) is 35.8. The van der Waals surface area contributed by atoms with Crippen molar-refractivity contribution in [3.63, 3.8) is 0 Å². The number of allylic oxidation sites excluding steroid dienone is 4. The molecule has 0 bridgehead atoms. The highest BCUT2D eigenvalue weighted by atomic mass is 35.5. The van der Waals surface area contributed by atoms with Gasteiger partial charge >= 0.3 is 0 Å². The molecule has 0 saturated heterocycles. The maximum atomic E-state index is 8.81. The van der Waals surface area contributed by atoms with Crippen LogP contribution >= 0.6 is 23.2 Å². The SMILES string of the molecule is N#CC(C#N)C1C=C(Cl)C(C(C#N)C#N)C=C1Cl. The summed E-state index contributed by atoms with van der Waals surface area (Å²) in [6, 6.07) is 7.30. The lowest BCUT2D eigenvalue weighted by molar-refractivity contribution is 0.612. The molecule has 2 atom stereocenters. The molecule has 0 N–H and O–H groups in total. The summed E-state index contributed by atoms with van der Waals surface area (Å²) in [4.78, 5) is 0. The van der Waals surface area contributed by atoms with Gasteiger partial charge in [-0.2, -0.15) is 21.0 Å². The highest BCUT2D eigenvalue weighted by Gasteiger charge is 2.32. The first-order valence-corrected chi connectivity index (χ1v) is 5.67. The third-order valence-corrected chi connectivity index (χ3v) is 3.34. The second-order valence-electron chi connectivity index (χ2n) is 3.63. The Kier molecular flexibility index (Phi) is 4.76. The van der Waals surface area contributed by atoms with Gasteiger partial charge in [0.2, 0.25) is 0 Å². The lowest BCUT2D eigenvalue weighted by Crippen LogP contribution is -2.19. The molecule has 1 aliphatic rings. The molecule has 0 aromatic carbocycles. The molecule has 6 heteroatoms. The second-order valence-corrected chi connectivity index (χ2v) is 4.50. The molecule has 4 nitrogen and oxygen atoms in total. The molecule has 88 valence electrons. The lowest BCUT2D eigenvalue weighted by atomic mass is 9.83. The molecule has 0 fully saturated rings. The first-order valence-electron chi connectivity index (χ1n) is 4.92. The zero-order valence-corrected chi connectivity index (χ0v) is 10.5. The van der Waals surface area contributed by atoms with E-state index in [4.69, 9.17) is 44.2 Å². The molecule has 0 amide bonds. The summed E-state index contributed by atoms with van der Waals surface area (Å²) in [7, 11) is 0. The predicted octanol–water partition coefficient (Wildman–Crippen LogP) is 2.80. The number of nitrogens with zero attached hydrogens (tertiary/aromatic N) is 4. The molecule has 0 spiro atoms. The summed E-state index contributed by atoms with van der Waals surface area (Å²) >= 11 is 12.0. The minimum absolute atomic E-state index is 0.257. The summed E-state index contributed by atoms with van der Waals surface area (Å²) in [6.07, 6.45) is 2.93. The van der Waals surface area contributed by atoms with Crippen LogP contribution in [0.4, 0.5) is 0 Å². The minimum Gasteiger partial charge on any atom is -0.197 e. The summed E-state index contributed by atoms with van der Waals surface area (Å²) < 4.78 is 0. The van der Waals surface area contributed by atoms with E-state index in [2.05, 4.69) is 0 Å². The number of nitriles is 4. The van der Waals surface area contributed by atoms with Gasteiger partial charge in [0.25, 0.3) is 0 Å². The van der Waals surface area contributed by atoms with Gasteiger partial charge in [-0.3, -0.25) is 0 Å². The monoisotopic (exact) mass is 276 g/mol. The Morgan fingerprint density at radius 1 is 0.778 bits per heavy atom. The standard InChI is InChI=1S/C12H6Cl2N4/c13-11-1-9(7(3-15)4-16)12(14)2-10(11)8(5-17)6-18/h1-2,7-10H. The smallest absolute Gasteiger partial charge is 0.144 e. The van der Waals surface area contributed by atoms with E-state index >= 15 is 0 Å². The van der Waals surface area contributed by atoms with Crippen LogP contribution < -0.4 is 0 Å². The molecule has 0 heterocycles. The number of halogens is 2. The number of hydrogen-bond acceptors (Lipinski definition) is 4. The quantitative estimate of drug-likeness (QED) is 0.775. The molecule has 0 aliphatic heterocycles. The normalized spacial score (nSPS) is 22.2. The van der Waals surface area contributed by atoms with Crippen molar-refractivity contribution in [1.82, 2.24) is 0 Å². The summed E-state index contributed by atoms with van der Waals surface area (Å²) in [5.41, 5.74) is 0. The van der Waals surface area contributed by atoms with E-state index in [1.54, 1.807) is 0 Å². The zero-order chi connectivity index (χ0) is 13.7. The summed E-state index contributed by atoms with van der Waals surface area (Å²) in [6.45, 7) is 0. The molecule has 0 saturated carbocycles. The molecule has 18 heavy (non-hydrogen) atoms. The van der Waals surface area contributed by atoms with Crippen LogP contribution in [-0.2, 0) is 0 Å². The van der Waals surface area contributed by atoms with Gasteiger partial charge in [-0.15, -0.1) is 0 Å². The fourth-order valence-electron chi connectivity index (χ4n) is 1.61. The number of rotatable bonds is 2. The third kappa shape index (κ3) is 2.64. The molecule has 0 aromatic heterocycles. The molecule has 1 aliphatic carbocycles. The van der Waals surface area contributed by atoms with E-state index in [1.807, 2.05) is 24.3 Å². The van der Waals surface area contributed by atoms with Crippen LogP contribution in [0.15, 0.2) is 22.2 Å². The topological polar surface area (TPSA) is 95.2 Å². The van der Waals surface area contributed by atoms with Gasteiger partial charge in [-0.1, -0.05) is 35.4 Å². The van der Waals surface area contributed by atoms with Crippen LogP contribution in [0.1, 0.15) is 0 Å². The van der Waals surface area contributed by atoms with Gasteiger partial charge in [0.1, 0.15) is 11.8 Å². The van der Waals surface area contributed by atoms with Crippen LogP contribution in [0.5, 0.6) is 0 Å². The third-order valence-electron chi connectivity index (χ3n) is 2.59. The van der Waals surface area contributed by atoms with E-state index in [-0.39, 0.29) is 10.1 Å². The first-order chi connectivity index (χ1) is 8.58.